The van der Waals surface area contributed by atoms with Crippen molar-refractivity contribution >= 4 is 11.8 Å². The molecule has 0 aromatic carbocycles. The zero-order valence-corrected chi connectivity index (χ0v) is 10.8. The van der Waals surface area contributed by atoms with Gasteiger partial charge in [0.15, 0.2) is 6.73 Å². The van der Waals surface area contributed by atoms with E-state index in [0.29, 0.717) is 5.37 Å². The second-order valence-corrected chi connectivity index (χ2v) is 6.30. The third kappa shape index (κ3) is 1.48. The van der Waals surface area contributed by atoms with Crippen LogP contribution >= 0.6 is 11.8 Å². The fourth-order valence-corrected chi connectivity index (χ4v) is 4.80. The summed E-state index contributed by atoms with van der Waals surface area (Å²) in [6.45, 7) is 0.764. The maximum Gasteiger partial charge on any atom is 0.162 e. The highest BCUT2D eigenvalue weighted by Gasteiger charge is 2.39. The van der Waals surface area contributed by atoms with Crippen LogP contribution in [0.3, 0.4) is 0 Å². The van der Waals surface area contributed by atoms with Crippen LogP contribution in [0.4, 0.5) is 0 Å². The molecule has 4 rings (SSSR count). The molecular weight excluding hydrogens is 230 g/mol. The molecule has 0 bridgehead atoms. The number of rotatable bonds is 0. The normalized spacial score (nSPS) is 31.1. The van der Waals surface area contributed by atoms with E-state index < -0.39 is 0 Å². The zero-order valence-electron chi connectivity index (χ0n) is 9.95. The Labute approximate surface area is 106 Å². The molecule has 4 aliphatic rings. The van der Waals surface area contributed by atoms with Crippen LogP contribution in [-0.2, 0) is 4.74 Å². The molecule has 90 valence electrons. The first-order valence-electron chi connectivity index (χ1n) is 6.61. The maximum absolute atomic E-state index is 5.92. The second-order valence-electron chi connectivity index (χ2n) is 5.12. The number of fused-ring (bicyclic) bond motifs is 3. The highest BCUT2D eigenvalue weighted by molar-refractivity contribution is 8.04. The first-order chi connectivity index (χ1) is 8.43. The highest BCUT2D eigenvalue weighted by Crippen LogP contribution is 2.50. The number of hydrogen-bond acceptors (Lipinski definition) is 3. The van der Waals surface area contributed by atoms with Gasteiger partial charge in [0.05, 0.1) is 0 Å². The minimum atomic E-state index is 0.562. The third-order valence-electron chi connectivity index (χ3n) is 4.10. The first-order valence-corrected chi connectivity index (χ1v) is 7.49. The van der Waals surface area contributed by atoms with Crippen molar-refractivity contribution in [2.75, 3.05) is 6.73 Å². The van der Waals surface area contributed by atoms with Gasteiger partial charge >= 0.3 is 0 Å². The summed E-state index contributed by atoms with van der Waals surface area (Å²) >= 11 is 2.10. The number of nitrogens with zero attached hydrogens (tertiary/aromatic N) is 1. The fraction of sp³-hybridized carbons (Fsp3) is 0.571. The molecule has 0 saturated heterocycles. The van der Waals surface area contributed by atoms with Crippen LogP contribution in [0.15, 0.2) is 34.1 Å². The van der Waals surface area contributed by atoms with Crippen LogP contribution in [0.1, 0.15) is 38.5 Å². The number of allylic oxidation sites excluding steroid dienone is 4. The van der Waals surface area contributed by atoms with Gasteiger partial charge in [-0.1, -0.05) is 17.8 Å². The summed E-state index contributed by atoms with van der Waals surface area (Å²) in [4.78, 5) is 4.16. The Balaban J connectivity index is 1.70. The minimum Gasteiger partial charge on any atom is -0.473 e. The van der Waals surface area contributed by atoms with E-state index in [-0.39, 0.29) is 0 Å². The first kappa shape index (κ1) is 10.1. The van der Waals surface area contributed by atoms with Crippen LogP contribution in [0.5, 0.6) is 0 Å². The van der Waals surface area contributed by atoms with Gasteiger partial charge in [-0.25, -0.2) is 0 Å². The summed E-state index contributed by atoms with van der Waals surface area (Å²) in [6.07, 6.45) is 12.1. The molecule has 17 heavy (non-hydrogen) atoms. The van der Waals surface area contributed by atoms with E-state index in [1.54, 1.807) is 10.6 Å². The van der Waals surface area contributed by atoms with E-state index in [1.807, 2.05) is 0 Å². The lowest BCUT2D eigenvalue weighted by Gasteiger charge is -2.37. The van der Waals surface area contributed by atoms with E-state index in [0.717, 1.165) is 12.5 Å². The lowest BCUT2D eigenvalue weighted by Crippen LogP contribution is -2.37. The standard InChI is InChI=1S/C14H17NOS/c1-3-7-12-10(5-1)14-15(9-16-12)11-6-2-4-8-13(11)17-14/h3,7,14H,1-2,4-6,8-9H2. The Morgan fingerprint density at radius 2 is 2.18 bits per heavy atom. The Morgan fingerprint density at radius 1 is 1.24 bits per heavy atom. The quantitative estimate of drug-likeness (QED) is 0.647. The van der Waals surface area contributed by atoms with E-state index in [4.69, 9.17) is 4.74 Å². The van der Waals surface area contributed by atoms with Crippen molar-refractivity contribution in [2.45, 2.75) is 43.9 Å². The molecule has 1 atom stereocenters. The second kappa shape index (κ2) is 3.84. The SMILES string of the molecule is C1=CC2=C(CC1)C1SC3=C(CCCC3)N1CO2. The molecule has 0 fully saturated rings. The van der Waals surface area contributed by atoms with Gasteiger partial charge in [0.25, 0.3) is 0 Å². The summed E-state index contributed by atoms with van der Waals surface area (Å²) in [6, 6.07) is 0. The largest absolute Gasteiger partial charge is 0.473 e. The van der Waals surface area contributed by atoms with Gasteiger partial charge in [0.1, 0.15) is 11.1 Å². The van der Waals surface area contributed by atoms with Gasteiger partial charge in [-0.15, -0.1) is 0 Å². The van der Waals surface area contributed by atoms with Crippen LogP contribution in [0.2, 0.25) is 0 Å². The summed E-state index contributed by atoms with van der Waals surface area (Å²) < 4.78 is 5.92. The van der Waals surface area contributed by atoms with Gasteiger partial charge in [-0.2, -0.15) is 0 Å². The van der Waals surface area contributed by atoms with E-state index in [9.17, 15) is 0 Å². The van der Waals surface area contributed by atoms with Gasteiger partial charge in [0.2, 0.25) is 0 Å². The van der Waals surface area contributed by atoms with Crippen molar-refractivity contribution in [3.05, 3.63) is 34.1 Å². The number of hydrogen-bond donors (Lipinski definition) is 0. The molecule has 0 spiro atoms. The van der Waals surface area contributed by atoms with Gasteiger partial charge in [-0.3, -0.25) is 0 Å². The van der Waals surface area contributed by atoms with E-state index in [1.165, 1.54) is 44.1 Å². The molecule has 3 heteroatoms. The summed E-state index contributed by atoms with van der Waals surface area (Å²) in [5.41, 5.74) is 3.12. The summed E-state index contributed by atoms with van der Waals surface area (Å²) in [5.74, 6) is 1.16. The molecule has 2 aliphatic heterocycles. The van der Waals surface area contributed by atoms with Gasteiger partial charge in [0, 0.05) is 16.2 Å². The van der Waals surface area contributed by atoms with E-state index in [2.05, 4.69) is 28.8 Å². The Bertz CT molecular complexity index is 449. The molecule has 0 amide bonds. The highest BCUT2D eigenvalue weighted by atomic mass is 32.2. The van der Waals surface area contributed by atoms with Crippen LogP contribution in [0.25, 0.3) is 0 Å². The lowest BCUT2D eigenvalue weighted by atomic mass is 9.99. The Morgan fingerprint density at radius 3 is 3.18 bits per heavy atom. The number of ether oxygens (including phenoxy) is 1. The van der Waals surface area contributed by atoms with Crippen molar-refractivity contribution < 1.29 is 4.74 Å². The summed E-state index contributed by atoms with van der Waals surface area (Å²) in [5, 5.41) is 0.562. The van der Waals surface area contributed by atoms with Crippen molar-refractivity contribution in [1.82, 2.24) is 4.90 Å². The van der Waals surface area contributed by atoms with E-state index >= 15 is 0 Å². The van der Waals surface area contributed by atoms with Crippen LogP contribution in [0, 0.1) is 0 Å². The van der Waals surface area contributed by atoms with Crippen LogP contribution in [-0.4, -0.2) is 17.0 Å². The molecule has 2 heterocycles. The Kier molecular flexibility index (Phi) is 2.29. The van der Waals surface area contributed by atoms with Crippen molar-refractivity contribution in [2.24, 2.45) is 0 Å². The predicted molar refractivity (Wildman–Crippen MR) is 70.1 cm³/mol. The lowest BCUT2D eigenvalue weighted by molar-refractivity contribution is 0.0747. The zero-order chi connectivity index (χ0) is 11.2. The molecule has 1 unspecified atom stereocenters. The molecule has 0 saturated carbocycles. The van der Waals surface area contributed by atoms with Gasteiger partial charge < -0.3 is 9.64 Å². The molecule has 0 radical (unpaired) electrons. The van der Waals surface area contributed by atoms with Crippen LogP contribution < -0.4 is 0 Å². The fourth-order valence-electron chi connectivity index (χ4n) is 3.22. The molecule has 0 aromatic rings. The Hall–Kier alpha value is -0.830. The minimum absolute atomic E-state index is 0.562. The molecular formula is C14H17NOS. The molecule has 0 aromatic heterocycles. The average Bonchev–Trinajstić information content (AvgIpc) is 2.78. The monoisotopic (exact) mass is 247 g/mol. The van der Waals surface area contributed by atoms with Crippen molar-refractivity contribution in [3.63, 3.8) is 0 Å². The van der Waals surface area contributed by atoms with Gasteiger partial charge in [-0.05, 0) is 44.6 Å². The topological polar surface area (TPSA) is 12.5 Å². The third-order valence-corrected chi connectivity index (χ3v) is 5.58. The smallest absolute Gasteiger partial charge is 0.162 e. The molecule has 0 N–H and O–H groups in total. The molecule has 2 aliphatic carbocycles. The van der Waals surface area contributed by atoms with Crippen molar-refractivity contribution in [1.29, 1.82) is 0 Å². The maximum atomic E-state index is 5.92. The molecule has 2 nitrogen and oxygen atoms in total. The number of thioether (sulfide) groups is 1. The summed E-state index contributed by atoms with van der Waals surface area (Å²) in [7, 11) is 0. The average molecular weight is 247 g/mol. The van der Waals surface area contributed by atoms with Crippen molar-refractivity contribution in [3.8, 4) is 0 Å². The predicted octanol–water partition coefficient (Wildman–Crippen LogP) is 3.74.